The Morgan fingerprint density at radius 3 is 2.51 bits per heavy atom. The molecule has 2 atom stereocenters. The van der Waals surface area contributed by atoms with Crippen LogP contribution in [0.15, 0.2) is 63.9 Å². The zero-order valence-corrected chi connectivity index (χ0v) is 23.0. The third-order valence-corrected chi connectivity index (χ3v) is 8.47. The molecule has 208 valence electrons. The molecule has 10 nitrogen and oxygen atoms in total. The van der Waals surface area contributed by atoms with E-state index in [0.29, 0.717) is 24.2 Å². The van der Waals surface area contributed by atoms with Crippen molar-refractivity contribution >= 4 is 38.6 Å². The number of ether oxygens (including phenoxy) is 1. The molecule has 1 aromatic heterocycles. The van der Waals surface area contributed by atoms with Crippen LogP contribution in [-0.2, 0) is 19.6 Å². The van der Waals surface area contributed by atoms with E-state index in [2.05, 4.69) is 10.6 Å². The molecule has 0 spiro atoms. The van der Waals surface area contributed by atoms with Crippen molar-refractivity contribution in [3.8, 4) is 5.75 Å². The molecule has 4 rings (SSSR count). The Labute approximate surface area is 227 Å². The molecule has 1 aliphatic rings. The van der Waals surface area contributed by atoms with E-state index in [1.165, 1.54) is 19.2 Å². The molecule has 3 aromatic rings. The molecule has 1 aliphatic heterocycles. The zero-order chi connectivity index (χ0) is 28.2. The second kappa shape index (κ2) is 12.0. The van der Waals surface area contributed by atoms with E-state index < -0.39 is 39.7 Å². The number of furan rings is 1. The van der Waals surface area contributed by atoms with Crippen LogP contribution >= 0.6 is 0 Å². The molecule has 2 heterocycles. The lowest BCUT2D eigenvalue weighted by Crippen LogP contribution is -2.52. The van der Waals surface area contributed by atoms with Gasteiger partial charge in [0.1, 0.15) is 17.4 Å². The van der Waals surface area contributed by atoms with Crippen LogP contribution < -0.4 is 15.4 Å². The number of amides is 2. The van der Waals surface area contributed by atoms with Crippen molar-refractivity contribution in [1.29, 1.82) is 0 Å². The quantitative estimate of drug-likeness (QED) is 0.414. The summed E-state index contributed by atoms with van der Waals surface area (Å²) in [5.74, 6) is -0.764. The van der Waals surface area contributed by atoms with Crippen LogP contribution in [0.3, 0.4) is 0 Å². The van der Waals surface area contributed by atoms with Crippen molar-refractivity contribution in [2.24, 2.45) is 5.92 Å². The number of Topliss-reactive ketones (excluding diaryl/α,β-unsaturated/α-hetero) is 1. The van der Waals surface area contributed by atoms with Gasteiger partial charge in [0, 0.05) is 11.9 Å². The number of carbonyl (C=O) groups is 3. The summed E-state index contributed by atoms with van der Waals surface area (Å²) in [6, 6.07) is 13.0. The first kappa shape index (κ1) is 28.3. The van der Waals surface area contributed by atoms with E-state index in [1.807, 2.05) is 26.0 Å². The number of sulfonamides is 1. The fraction of sp³-hybridized carbons (Fsp3) is 0.393. The Kier molecular flexibility index (Phi) is 8.71. The van der Waals surface area contributed by atoms with Gasteiger partial charge in [0.05, 0.1) is 24.6 Å². The van der Waals surface area contributed by atoms with Gasteiger partial charge in [-0.3, -0.25) is 14.4 Å². The maximum absolute atomic E-state index is 13.3. The number of carbonyl (C=O) groups excluding carboxylic acids is 3. The van der Waals surface area contributed by atoms with Gasteiger partial charge >= 0.3 is 0 Å². The minimum absolute atomic E-state index is 0.0592. The van der Waals surface area contributed by atoms with E-state index >= 15 is 0 Å². The van der Waals surface area contributed by atoms with Crippen molar-refractivity contribution in [1.82, 2.24) is 14.9 Å². The predicted molar refractivity (Wildman–Crippen MR) is 145 cm³/mol. The minimum Gasteiger partial charge on any atom is -0.497 e. The maximum Gasteiger partial charge on any atom is 0.287 e. The zero-order valence-electron chi connectivity index (χ0n) is 22.2. The monoisotopic (exact) mass is 555 g/mol. The van der Waals surface area contributed by atoms with Gasteiger partial charge in [-0.1, -0.05) is 32.0 Å². The van der Waals surface area contributed by atoms with Gasteiger partial charge in [0.15, 0.2) is 11.5 Å². The SMILES string of the molecule is COc1ccc(S(=O)(=O)N2CCCC(NC(=O)[C@@H](CC(C)C)NC(=O)c3cc4ccccc4o3)C(=O)C2)cc1. The van der Waals surface area contributed by atoms with Gasteiger partial charge in [-0.15, -0.1) is 0 Å². The summed E-state index contributed by atoms with van der Waals surface area (Å²) in [4.78, 5) is 39.3. The number of nitrogens with one attached hydrogen (secondary N) is 2. The Balaban J connectivity index is 1.43. The van der Waals surface area contributed by atoms with E-state index in [0.717, 1.165) is 9.69 Å². The predicted octanol–water partition coefficient (Wildman–Crippen LogP) is 3.12. The highest BCUT2D eigenvalue weighted by atomic mass is 32.2. The molecule has 1 fully saturated rings. The molecule has 2 N–H and O–H groups in total. The summed E-state index contributed by atoms with van der Waals surface area (Å²) in [7, 11) is -2.42. The van der Waals surface area contributed by atoms with Gasteiger partial charge < -0.3 is 19.8 Å². The summed E-state index contributed by atoms with van der Waals surface area (Å²) in [6.45, 7) is 3.63. The van der Waals surface area contributed by atoms with Crippen molar-refractivity contribution < 1.29 is 32.0 Å². The maximum atomic E-state index is 13.3. The van der Waals surface area contributed by atoms with Gasteiger partial charge in [0.2, 0.25) is 15.9 Å². The molecule has 2 amide bonds. The first-order valence-electron chi connectivity index (χ1n) is 12.8. The Morgan fingerprint density at radius 2 is 1.85 bits per heavy atom. The molecule has 1 unspecified atom stereocenters. The lowest BCUT2D eigenvalue weighted by molar-refractivity contribution is -0.129. The van der Waals surface area contributed by atoms with Crippen LogP contribution in [0.5, 0.6) is 5.75 Å². The molecular weight excluding hydrogens is 522 g/mol. The topological polar surface area (TPSA) is 135 Å². The third kappa shape index (κ3) is 6.66. The second-order valence-electron chi connectivity index (χ2n) is 9.99. The molecule has 0 radical (unpaired) electrons. The van der Waals surface area contributed by atoms with Crippen molar-refractivity contribution in [3.63, 3.8) is 0 Å². The molecular formula is C28H33N3O7S. The van der Waals surface area contributed by atoms with Gasteiger partial charge in [-0.2, -0.15) is 4.31 Å². The van der Waals surface area contributed by atoms with Crippen LogP contribution in [-0.4, -0.2) is 62.6 Å². The van der Waals surface area contributed by atoms with Crippen LogP contribution in [0.4, 0.5) is 0 Å². The molecule has 2 aromatic carbocycles. The van der Waals surface area contributed by atoms with Crippen LogP contribution in [0.25, 0.3) is 11.0 Å². The average molecular weight is 556 g/mol. The fourth-order valence-electron chi connectivity index (χ4n) is 4.55. The van der Waals surface area contributed by atoms with E-state index in [-0.39, 0.29) is 36.1 Å². The Morgan fingerprint density at radius 1 is 1.13 bits per heavy atom. The summed E-state index contributed by atoms with van der Waals surface area (Å²) in [5.41, 5.74) is 0.561. The first-order valence-corrected chi connectivity index (χ1v) is 14.3. The number of methoxy groups -OCH3 is 1. The Hall–Kier alpha value is -3.70. The number of rotatable bonds is 9. The number of hydrogen-bond donors (Lipinski definition) is 2. The molecule has 11 heteroatoms. The smallest absolute Gasteiger partial charge is 0.287 e. The van der Waals surface area contributed by atoms with Crippen LogP contribution in [0.1, 0.15) is 43.7 Å². The van der Waals surface area contributed by atoms with E-state index in [4.69, 9.17) is 9.15 Å². The lowest BCUT2D eigenvalue weighted by atomic mass is 10.0. The van der Waals surface area contributed by atoms with Crippen LogP contribution in [0.2, 0.25) is 0 Å². The average Bonchev–Trinajstić information content (AvgIpc) is 3.26. The number of fused-ring (bicyclic) bond motifs is 1. The van der Waals surface area contributed by atoms with E-state index in [1.54, 1.807) is 30.3 Å². The molecule has 0 aliphatic carbocycles. The fourth-order valence-corrected chi connectivity index (χ4v) is 5.99. The molecule has 0 saturated carbocycles. The number of nitrogens with zero attached hydrogens (tertiary/aromatic N) is 1. The molecule has 1 saturated heterocycles. The first-order chi connectivity index (χ1) is 18.6. The van der Waals surface area contributed by atoms with Crippen molar-refractivity contribution in [2.75, 3.05) is 20.2 Å². The number of ketones is 1. The number of hydrogen-bond acceptors (Lipinski definition) is 7. The second-order valence-corrected chi connectivity index (χ2v) is 11.9. The number of para-hydroxylation sites is 1. The third-order valence-electron chi connectivity index (χ3n) is 6.61. The van der Waals surface area contributed by atoms with Gasteiger partial charge in [0.25, 0.3) is 5.91 Å². The molecule has 0 bridgehead atoms. The normalized spacial score (nSPS) is 17.5. The summed E-state index contributed by atoms with van der Waals surface area (Å²) in [6.07, 6.45) is 1.01. The van der Waals surface area contributed by atoms with Crippen LogP contribution in [0, 0.1) is 5.92 Å². The molecule has 39 heavy (non-hydrogen) atoms. The highest BCUT2D eigenvalue weighted by Gasteiger charge is 2.34. The largest absolute Gasteiger partial charge is 0.497 e. The summed E-state index contributed by atoms with van der Waals surface area (Å²) in [5, 5.41) is 6.26. The lowest BCUT2D eigenvalue weighted by Gasteiger charge is -2.23. The standard InChI is InChI=1S/C28H33N3O7S/c1-18(2)15-23(30-28(34)26-16-19-7-4-5-9-25(19)38-26)27(33)29-22-8-6-14-31(17-24(22)32)39(35,36)21-12-10-20(37-3)11-13-21/h4-5,7,9-13,16,18,22-23H,6,8,14-15,17H2,1-3H3,(H,29,33)(H,30,34)/t22?,23-/m1/s1. The summed E-state index contributed by atoms with van der Waals surface area (Å²) < 4.78 is 38.2. The Bertz CT molecular complexity index is 1410. The number of benzene rings is 2. The summed E-state index contributed by atoms with van der Waals surface area (Å²) >= 11 is 0. The van der Waals surface area contributed by atoms with Gasteiger partial charge in [-0.05, 0) is 61.6 Å². The minimum atomic E-state index is -3.91. The van der Waals surface area contributed by atoms with Crippen molar-refractivity contribution in [3.05, 3.63) is 60.4 Å². The van der Waals surface area contributed by atoms with E-state index in [9.17, 15) is 22.8 Å². The van der Waals surface area contributed by atoms with Crippen molar-refractivity contribution in [2.45, 2.75) is 50.1 Å². The highest BCUT2D eigenvalue weighted by molar-refractivity contribution is 7.89. The van der Waals surface area contributed by atoms with Gasteiger partial charge in [-0.25, -0.2) is 8.42 Å². The highest BCUT2D eigenvalue weighted by Crippen LogP contribution is 2.22.